The molecule has 2 heterocycles. The minimum absolute atomic E-state index is 0.470. The van der Waals surface area contributed by atoms with Crippen LogP contribution in [0.1, 0.15) is 39.5 Å². The van der Waals surface area contributed by atoms with Gasteiger partial charge in [0.2, 0.25) is 0 Å². The van der Waals surface area contributed by atoms with E-state index in [4.69, 9.17) is 4.74 Å². The SMILES string of the molecule is CC1SCCN(CC2CCC(CNC3CC3)O2)C1C. The number of thioether (sulfide) groups is 1. The quantitative estimate of drug-likeness (QED) is 0.836. The summed E-state index contributed by atoms with van der Waals surface area (Å²) < 4.78 is 6.21. The highest BCUT2D eigenvalue weighted by atomic mass is 32.2. The van der Waals surface area contributed by atoms with Gasteiger partial charge in [0.15, 0.2) is 0 Å². The van der Waals surface area contributed by atoms with Gasteiger partial charge in [-0.05, 0) is 32.6 Å². The van der Waals surface area contributed by atoms with E-state index in [1.54, 1.807) is 0 Å². The topological polar surface area (TPSA) is 24.5 Å². The van der Waals surface area contributed by atoms with Crippen molar-refractivity contribution in [2.24, 2.45) is 0 Å². The van der Waals surface area contributed by atoms with Crippen molar-refractivity contribution in [2.75, 3.05) is 25.4 Å². The molecule has 0 aromatic heterocycles. The second-order valence-electron chi connectivity index (χ2n) is 6.45. The van der Waals surface area contributed by atoms with Gasteiger partial charge in [-0.1, -0.05) is 6.92 Å². The molecule has 4 heteroatoms. The molecule has 0 aromatic carbocycles. The van der Waals surface area contributed by atoms with Crippen molar-refractivity contribution in [1.82, 2.24) is 10.2 Å². The van der Waals surface area contributed by atoms with Crippen molar-refractivity contribution in [3.05, 3.63) is 0 Å². The van der Waals surface area contributed by atoms with E-state index < -0.39 is 0 Å². The number of nitrogens with one attached hydrogen (secondary N) is 1. The molecule has 0 amide bonds. The Hall–Kier alpha value is 0.230. The standard InChI is InChI=1S/C15H28N2OS/c1-11-12(2)19-8-7-17(11)10-15-6-5-14(18-15)9-16-13-3-4-13/h11-16H,3-10H2,1-2H3. The molecule has 1 saturated carbocycles. The van der Waals surface area contributed by atoms with Crippen molar-refractivity contribution in [3.8, 4) is 0 Å². The maximum Gasteiger partial charge on any atom is 0.0707 e. The first kappa shape index (κ1) is 14.2. The lowest BCUT2D eigenvalue weighted by molar-refractivity contribution is 0.0164. The van der Waals surface area contributed by atoms with Crippen molar-refractivity contribution < 1.29 is 4.74 Å². The summed E-state index contributed by atoms with van der Waals surface area (Å²) >= 11 is 2.11. The van der Waals surface area contributed by atoms with Crippen LogP contribution in [0.2, 0.25) is 0 Å². The normalized spacial score (nSPS) is 40.7. The largest absolute Gasteiger partial charge is 0.372 e. The minimum atomic E-state index is 0.470. The fourth-order valence-electron chi connectivity index (χ4n) is 3.16. The second-order valence-corrected chi connectivity index (χ2v) is 7.94. The first-order valence-corrected chi connectivity index (χ1v) is 9.01. The predicted octanol–water partition coefficient (Wildman–Crippen LogP) is 2.11. The fraction of sp³-hybridized carbons (Fsp3) is 1.00. The summed E-state index contributed by atoms with van der Waals surface area (Å²) in [6.45, 7) is 8.19. The van der Waals surface area contributed by atoms with Crippen molar-refractivity contribution in [3.63, 3.8) is 0 Å². The highest BCUT2D eigenvalue weighted by molar-refractivity contribution is 8.00. The molecule has 3 nitrogen and oxygen atoms in total. The van der Waals surface area contributed by atoms with Crippen LogP contribution in [0, 0.1) is 0 Å². The summed E-state index contributed by atoms with van der Waals surface area (Å²) in [4.78, 5) is 2.64. The van der Waals surface area contributed by atoms with Gasteiger partial charge in [-0.3, -0.25) is 4.90 Å². The molecule has 0 bridgehead atoms. The summed E-state index contributed by atoms with van der Waals surface area (Å²) in [7, 11) is 0. The van der Waals surface area contributed by atoms with E-state index in [1.165, 1.54) is 38.0 Å². The van der Waals surface area contributed by atoms with Gasteiger partial charge in [0.05, 0.1) is 12.2 Å². The predicted molar refractivity (Wildman–Crippen MR) is 81.9 cm³/mol. The van der Waals surface area contributed by atoms with Gasteiger partial charge in [-0.25, -0.2) is 0 Å². The van der Waals surface area contributed by atoms with Crippen LogP contribution in [-0.2, 0) is 4.74 Å². The van der Waals surface area contributed by atoms with Crippen molar-refractivity contribution >= 4 is 11.8 Å². The first-order chi connectivity index (χ1) is 9.22. The van der Waals surface area contributed by atoms with Crippen LogP contribution in [-0.4, -0.2) is 59.8 Å². The molecule has 0 spiro atoms. The molecule has 110 valence electrons. The van der Waals surface area contributed by atoms with Crippen LogP contribution >= 0.6 is 11.8 Å². The van der Waals surface area contributed by atoms with E-state index in [1.807, 2.05) is 0 Å². The van der Waals surface area contributed by atoms with Crippen molar-refractivity contribution in [1.29, 1.82) is 0 Å². The smallest absolute Gasteiger partial charge is 0.0707 e. The van der Waals surface area contributed by atoms with E-state index in [0.717, 1.165) is 24.4 Å². The zero-order valence-electron chi connectivity index (χ0n) is 12.3. The second kappa shape index (κ2) is 6.33. The Kier molecular flexibility index (Phi) is 4.73. The molecule has 3 rings (SSSR count). The van der Waals surface area contributed by atoms with E-state index in [-0.39, 0.29) is 0 Å². The van der Waals surface area contributed by atoms with E-state index in [0.29, 0.717) is 18.2 Å². The Bertz CT molecular complexity index is 298. The summed E-state index contributed by atoms with van der Waals surface area (Å²) in [6, 6.07) is 1.51. The molecule has 2 saturated heterocycles. The average molecular weight is 284 g/mol. The van der Waals surface area contributed by atoms with Gasteiger partial charge < -0.3 is 10.1 Å². The summed E-state index contributed by atoms with van der Waals surface area (Å²) in [6.07, 6.45) is 6.19. The van der Waals surface area contributed by atoms with E-state index in [2.05, 4.69) is 35.8 Å². The Morgan fingerprint density at radius 1 is 1.16 bits per heavy atom. The van der Waals surface area contributed by atoms with Crippen LogP contribution in [0.4, 0.5) is 0 Å². The van der Waals surface area contributed by atoms with E-state index >= 15 is 0 Å². The summed E-state index contributed by atoms with van der Waals surface area (Å²) in [5, 5.41) is 4.36. The van der Waals surface area contributed by atoms with Gasteiger partial charge >= 0.3 is 0 Å². The van der Waals surface area contributed by atoms with Crippen LogP contribution in [0.5, 0.6) is 0 Å². The maximum atomic E-state index is 6.21. The molecule has 1 aliphatic carbocycles. The van der Waals surface area contributed by atoms with Crippen LogP contribution in [0.15, 0.2) is 0 Å². The Morgan fingerprint density at radius 2 is 1.95 bits per heavy atom. The van der Waals surface area contributed by atoms with Crippen LogP contribution in [0.25, 0.3) is 0 Å². The monoisotopic (exact) mass is 284 g/mol. The molecular weight excluding hydrogens is 256 g/mol. The summed E-state index contributed by atoms with van der Waals surface area (Å²) in [5.74, 6) is 1.28. The van der Waals surface area contributed by atoms with Gasteiger partial charge in [0.1, 0.15) is 0 Å². The van der Waals surface area contributed by atoms with Crippen molar-refractivity contribution in [2.45, 2.75) is 69.1 Å². The van der Waals surface area contributed by atoms with Gasteiger partial charge in [0, 0.05) is 42.7 Å². The fourth-order valence-corrected chi connectivity index (χ4v) is 4.33. The lowest BCUT2D eigenvalue weighted by Gasteiger charge is -2.38. The number of hydrogen-bond acceptors (Lipinski definition) is 4. The zero-order valence-corrected chi connectivity index (χ0v) is 13.1. The number of hydrogen-bond donors (Lipinski definition) is 1. The molecule has 3 fully saturated rings. The minimum Gasteiger partial charge on any atom is -0.372 e. The number of ether oxygens (including phenoxy) is 1. The third kappa shape index (κ3) is 3.87. The van der Waals surface area contributed by atoms with Crippen LogP contribution < -0.4 is 5.32 Å². The van der Waals surface area contributed by atoms with E-state index in [9.17, 15) is 0 Å². The number of rotatable bonds is 5. The van der Waals surface area contributed by atoms with Gasteiger partial charge in [0.25, 0.3) is 0 Å². The molecule has 1 N–H and O–H groups in total. The molecular formula is C15H28N2OS. The third-order valence-electron chi connectivity index (χ3n) is 4.86. The summed E-state index contributed by atoms with van der Waals surface area (Å²) in [5.41, 5.74) is 0. The lowest BCUT2D eigenvalue weighted by atomic mass is 10.1. The molecule has 2 aliphatic heterocycles. The third-order valence-corrected chi connectivity index (χ3v) is 6.20. The molecule has 19 heavy (non-hydrogen) atoms. The number of nitrogens with zero attached hydrogens (tertiary/aromatic N) is 1. The average Bonchev–Trinajstić information content (AvgIpc) is 3.13. The molecule has 0 radical (unpaired) electrons. The van der Waals surface area contributed by atoms with Crippen LogP contribution in [0.3, 0.4) is 0 Å². The molecule has 4 unspecified atom stereocenters. The molecule has 0 aromatic rings. The van der Waals surface area contributed by atoms with Gasteiger partial charge in [-0.2, -0.15) is 11.8 Å². The Labute approximate surface area is 121 Å². The molecule has 4 atom stereocenters. The van der Waals surface area contributed by atoms with Gasteiger partial charge in [-0.15, -0.1) is 0 Å². The first-order valence-electron chi connectivity index (χ1n) is 7.97. The highest BCUT2D eigenvalue weighted by Crippen LogP contribution is 2.27. The zero-order chi connectivity index (χ0) is 13.2. The Morgan fingerprint density at radius 3 is 2.74 bits per heavy atom. The Balaban J connectivity index is 1.40. The highest BCUT2D eigenvalue weighted by Gasteiger charge is 2.32. The maximum absolute atomic E-state index is 6.21. The molecule has 3 aliphatic rings. The lowest BCUT2D eigenvalue weighted by Crippen LogP contribution is -2.47.